The summed E-state index contributed by atoms with van der Waals surface area (Å²) in [5, 5.41) is 13.3. The van der Waals surface area contributed by atoms with Crippen LogP contribution in [0.4, 0.5) is 16.2 Å². The molecule has 1 aromatic rings. The maximum Gasteiger partial charge on any atom is 0.411 e. The van der Waals surface area contributed by atoms with Crippen LogP contribution in [0.2, 0.25) is 0 Å². The summed E-state index contributed by atoms with van der Waals surface area (Å²) >= 11 is 0. The average molecular weight is 316 g/mol. The number of hydrogen-bond donors (Lipinski definition) is 1. The summed E-state index contributed by atoms with van der Waals surface area (Å²) in [7, 11) is 0. The molecule has 0 aromatic heterocycles. The van der Waals surface area contributed by atoms with Gasteiger partial charge >= 0.3 is 6.09 Å². The van der Waals surface area contributed by atoms with Gasteiger partial charge in [0, 0.05) is 17.8 Å². The van der Waals surface area contributed by atoms with Gasteiger partial charge in [0.2, 0.25) is 0 Å². The van der Waals surface area contributed by atoms with Crippen LogP contribution in [0.25, 0.3) is 0 Å². The molecule has 0 heterocycles. The number of benzene rings is 1. The van der Waals surface area contributed by atoms with E-state index < -0.39 is 11.0 Å². The van der Waals surface area contributed by atoms with E-state index in [1.807, 2.05) is 0 Å². The molecule has 0 saturated heterocycles. The summed E-state index contributed by atoms with van der Waals surface area (Å²) in [4.78, 5) is 22.3. The Morgan fingerprint density at radius 2 is 1.61 bits per heavy atom. The number of ether oxygens (including phenoxy) is 1. The number of nitro groups is 1. The highest BCUT2D eigenvalue weighted by Gasteiger charge is 2.49. The highest BCUT2D eigenvalue weighted by Crippen LogP contribution is 2.54. The van der Waals surface area contributed by atoms with Gasteiger partial charge in [-0.25, -0.2) is 4.79 Å². The lowest BCUT2D eigenvalue weighted by Gasteiger charge is -2.53. The molecule has 4 aliphatic carbocycles. The van der Waals surface area contributed by atoms with Gasteiger partial charge in [-0.05, 0) is 67.9 Å². The van der Waals surface area contributed by atoms with E-state index in [1.165, 1.54) is 56.4 Å². The van der Waals surface area contributed by atoms with Crippen LogP contribution in [0.1, 0.15) is 32.1 Å². The molecule has 122 valence electrons. The second kappa shape index (κ2) is 5.51. The fraction of sp³-hybridized carbons (Fsp3) is 0.588. The summed E-state index contributed by atoms with van der Waals surface area (Å²) in [6.45, 7) is 0. The standard InChI is InChI=1S/C17H20N2O4/c20-17(18-14-1-3-15(4-2-14)19(21)22)23-16-12-6-10-5-11(8-12)9-13(16)7-10/h1-4,10-13,16H,5-9H2,(H,18,20). The Hall–Kier alpha value is -2.11. The lowest BCUT2D eigenvalue weighted by Crippen LogP contribution is -2.50. The number of nitro benzene ring substituents is 1. The van der Waals surface area contributed by atoms with E-state index in [0.29, 0.717) is 17.5 Å². The van der Waals surface area contributed by atoms with Crippen LogP contribution in [0.15, 0.2) is 24.3 Å². The maximum absolute atomic E-state index is 12.2. The Balaban J connectivity index is 1.37. The summed E-state index contributed by atoms with van der Waals surface area (Å²) < 4.78 is 5.72. The highest BCUT2D eigenvalue weighted by atomic mass is 16.6. The molecule has 0 aliphatic heterocycles. The van der Waals surface area contributed by atoms with E-state index in [-0.39, 0.29) is 11.8 Å². The Morgan fingerprint density at radius 1 is 1.04 bits per heavy atom. The summed E-state index contributed by atoms with van der Waals surface area (Å²) in [6.07, 6.45) is 5.75. The second-order valence-corrected chi connectivity index (χ2v) is 7.23. The molecular formula is C17H20N2O4. The van der Waals surface area contributed by atoms with Gasteiger partial charge in [-0.15, -0.1) is 0 Å². The maximum atomic E-state index is 12.2. The normalized spacial score (nSPS) is 34.2. The molecule has 0 unspecified atom stereocenters. The van der Waals surface area contributed by atoms with Gasteiger partial charge in [0.05, 0.1) is 4.92 Å². The van der Waals surface area contributed by atoms with Crippen molar-refractivity contribution in [3.63, 3.8) is 0 Å². The fourth-order valence-corrected chi connectivity index (χ4v) is 5.01. The van der Waals surface area contributed by atoms with Gasteiger partial charge in [0.25, 0.3) is 5.69 Å². The van der Waals surface area contributed by atoms with Crippen molar-refractivity contribution in [2.24, 2.45) is 23.7 Å². The molecule has 4 fully saturated rings. The minimum absolute atomic E-state index is 0.00459. The molecule has 4 saturated carbocycles. The summed E-state index contributed by atoms with van der Waals surface area (Å²) in [5.41, 5.74) is 0.523. The molecular weight excluding hydrogens is 296 g/mol. The first kappa shape index (κ1) is 14.5. The van der Waals surface area contributed by atoms with Crippen molar-refractivity contribution in [3.8, 4) is 0 Å². The van der Waals surface area contributed by atoms with Crippen LogP contribution >= 0.6 is 0 Å². The molecule has 6 nitrogen and oxygen atoms in total. The largest absolute Gasteiger partial charge is 0.445 e. The van der Waals surface area contributed by atoms with Crippen molar-refractivity contribution in [1.29, 1.82) is 0 Å². The molecule has 23 heavy (non-hydrogen) atoms. The number of anilines is 1. The van der Waals surface area contributed by atoms with Gasteiger partial charge in [-0.1, -0.05) is 0 Å². The SMILES string of the molecule is O=C(Nc1ccc([N+](=O)[O-])cc1)OC1C2CC3CC(C2)CC1C3. The van der Waals surface area contributed by atoms with Gasteiger partial charge in [0.15, 0.2) is 0 Å². The first-order chi connectivity index (χ1) is 11.1. The number of non-ortho nitro benzene ring substituents is 1. The molecule has 6 heteroatoms. The van der Waals surface area contributed by atoms with Gasteiger partial charge < -0.3 is 4.74 Å². The zero-order chi connectivity index (χ0) is 16.0. The topological polar surface area (TPSA) is 81.5 Å². The quantitative estimate of drug-likeness (QED) is 0.676. The fourth-order valence-electron chi connectivity index (χ4n) is 5.01. The molecule has 0 spiro atoms. The van der Waals surface area contributed by atoms with Crippen molar-refractivity contribution in [1.82, 2.24) is 0 Å². The molecule has 0 radical (unpaired) electrons. The third-order valence-electron chi connectivity index (χ3n) is 5.71. The van der Waals surface area contributed by atoms with Gasteiger partial charge in [0.1, 0.15) is 6.10 Å². The van der Waals surface area contributed by atoms with Crippen LogP contribution in [0.3, 0.4) is 0 Å². The smallest absolute Gasteiger partial charge is 0.411 e. The van der Waals surface area contributed by atoms with E-state index in [0.717, 1.165) is 11.8 Å². The van der Waals surface area contributed by atoms with Crippen LogP contribution in [0.5, 0.6) is 0 Å². The molecule has 1 N–H and O–H groups in total. The summed E-state index contributed by atoms with van der Waals surface area (Å²) in [5.74, 6) is 2.73. The Labute approximate surface area is 134 Å². The number of hydrogen-bond acceptors (Lipinski definition) is 4. The monoisotopic (exact) mass is 316 g/mol. The molecule has 1 amide bonds. The van der Waals surface area contributed by atoms with Gasteiger partial charge in [-0.3, -0.25) is 15.4 Å². The lowest BCUT2D eigenvalue weighted by atomic mass is 9.55. The Kier molecular flexibility index (Phi) is 3.47. The molecule has 1 aromatic carbocycles. The number of nitrogens with zero attached hydrogens (tertiary/aromatic N) is 1. The number of carbonyl (C=O) groups excluding carboxylic acids is 1. The average Bonchev–Trinajstić information content (AvgIpc) is 2.50. The van der Waals surface area contributed by atoms with E-state index in [9.17, 15) is 14.9 Å². The number of rotatable bonds is 3. The van der Waals surface area contributed by atoms with E-state index in [4.69, 9.17) is 4.74 Å². The third kappa shape index (κ3) is 2.78. The van der Waals surface area contributed by atoms with Crippen molar-refractivity contribution >= 4 is 17.5 Å². The van der Waals surface area contributed by atoms with Crippen LogP contribution < -0.4 is 5.32 Å². The van der Waals surface area contributed by atoms with Crippen molar-refractivity contribution < 1.29 is 14.5 Å². The first-order valence-electron chi connectivity index (χ1n) is 8.30. The van der Waals surface area contributed by atoms with E-state index in [1.54, 1.807) is 0 Å². The zero-order valence-electron chi connectivity index (χ0n) is 12.8. The van der Waals surface area contributed by atoms with Crippen LogP contribution in [-0.4, -0.2) is 17.1 Å². The second-order valence-electron chi connectivity index (χ2n) is 7.23. The van der Waals surface area contributed by atoms with E-state index >= 15 is 0 Å². The predicted octanol–water partition coefficient (Wildman–Crippen LogP) is 3.97. The minimum atomic E-state index is -0.462. The van der Waals surface area contributed by atoms with Gasteiger partial charge in [-0.2, -0.15) is 0 Å². The highest BCUT2D eigenvalue weighted by molar-refractivity contribution is 5.84. The molecule has 4 aliphatic rings. The predicted molar refractivity (Wildman–Crippen MR) is 84.0 cm³/mol. The van der Waals surface area contributed by atoms with E-state index in [2.05, 4.69) is 5.32 Å². The molecule has 0 atom stereocenters. The van der Waals surface area contributed by atoms with Crippen LogP contribution in [-0.2, 0) is 4.74 Å². The number of nitrogens with one attached hydrogen (secondary N) is 1. The zero-order valence-corrected chi connectivity index (χ0v) is 12.8. The number of carbonyl (C=O) groups is 1. The van der Waals surface area contributed by atoms with Crippen molar-refractivity contribution in [3.05, 3.63) is 34.4 Å². The lowest BCUT2D eigenvalue weighted by molar-refractivity contribution is -0.384. The Morgan fingerprint density at radius 3 is 2.13 bits per heavy atom. The Bertz CT molecular complexity index is 600. The third-order valence-corrected chi connectivity index (χ3v) is 5.71. The number of amides is 1. The van der Waals surface area contributed by atoms with Crippen LogP contribution in [0, 0.1) is 33.8 Å². The molecule has 4 bridgehead atoms. The van der Waals surface area contributed by atoms with Crippen molar-refractivity contribution in [2.45, 2.75) is 38.2 Å². The summed E-state index contributed by atoms with van der Waals surface area (Å²) in [6, 6.07) is 5.80. The van der Waals surface area contributed by atoms with Crippen molar-refractivity contribution in [2.75, 3.05) is 5.32 Å². The molecule has 5 rings (SSSR count). The minimum Gasteiger partial charge on any atom is -0.445 e. The first-order valence-corrected chi connectivity index (χ1v) is 8.30.